The maximum atomic E-state index is 11.6. The van der Waals surface area contributed by atoms with E-state index >= 15 is 0 Å². The van der Waals surface area contributed by atoms with Gasteiger partial charge in [-0.2, -0.15) is 0 Å². The Balaban J connectivity index is 1.81. The lowest BCUT2D eigenvalue weighted by Crippen LogP contribution is -2.32. The Morgan fingerprint density at radius 1 is 1.30 bits per heavy atom. The largest absolute Gasteiger partial charge is 0.464 e. The number of anilines is 1. The molecule has 1 aromatic heterocycles. The predicted octanol–water partition coefficient (Wildman–Crippen LogP) is 3.10. The van der Waals surface area contributed by atoms with E-state index < -0.39 is 12.1 Å². The third kappa shape index (κ3) is 4.01. The Hall–Kier alpha value is -1.98. The van der Waals surface area contributed by atoms with E-state index in [9.17, 15) is 9.90 Å². The lowest BCUT2D eigenvalue weighted by molar-refractivity contribution is 0.148. The number of carbonyl (C=O) groups is 1. The molecule has 1 aromatic carbocycles. The number of aliphatic hydroxyl groups is 1. The first-order chi connectivity index (χ1) is 9.54. The zero-order valence-corrected chi connectivity index (χ0v) is 11.6. The summed E-state index contributed by atoms with van der Waals surface area (Å²) in [4.78, 5) is 11.6. The van der Waals surface area contributed by atoms with Crippen molar-refractivity contribution in [2.24, 2.45) is 0 Å². The van der Waals surface area contributed by atoms with Crippen molar-refractivity contribution in [1.82, 2.24) is 5.32 Å². The first kappa shape index (κ1) is 14.4. The summed E-state index contributed by atoms with van der Waals surface area (Å²) in [5, 5.41) is 15.6. The van der Waals surface area contributed by atoms with E-state index in [0.29, 0.717) is 22.2 Å². The maximum Gasteiger partial charge on any atom is 0.319 e. The highest BCUT2D eigenvalue weighted by molar-refractivity contribution is 6.30. The van der Waals surface area contributed by atoms with Gasteiger partial charge in [-0.3, -0.25) is 0 Å². The Labute approximate surface area is 121 Å². The Morgan fingerprint density at radius 3 is 2.60 bits per heavy atom. The number of urea groups is 1. The molecule has 0 fully saturated rings. The molecule has 2 aromatic rings. The molecule has 1 atom stereocenters. The van der Waals surface area contributed by atoms with Crippen molar-refractivity contribution in [2.45, 2.75) is 13.0 Å². The summed E-state index contributed by atoms with van der Waals surface area (Å²) < 4.78 is 5.27. The lowest BCUT2D eigenvalue weighted by Gasteiger charge is -2.10. The fraction of sp³-hybridized carbons (Fsp3) is 0.214. The number of hydrogen-bond acceptors (Lipinski definition) is 3. The van der Waals surface area contributed by atoms with E-state index in [-0.39, 0.29) is 6.54 Å². The Bertz CT molecular complexity index is 580. The second-order valence-corrected chi connectivity index (χ2v) is 4.74. The molecule has 0 spiro atoms. The zero-order chi connectivity index (χ0) is 14.5. The molecule has 0 aliphatic carbocycles. The normalized spacial score (nSPS) is 11.9. The zero-order valence-electron chi connectivity index (χ0n) is 10.9. The number of furan rings is 1. The Morgan fingerprint density at radius 2 is 2.00 bits per heavy atom. The molecule has 1 unspecified atom stereocenters. The second-order valence-electron chi connectivity index (χ2n) is 4.31. The summed E-state index contributed by atoms with van der Waals surface area (Å²) in [5.74, 6) is 1.14. The maximum absolute atomic E-state index is 11.6. The van der Waals surface area contributed by atoms with Crippen LogP contribution in [0.4, 0.5) is 10.5 Å². The van der Waals surface area contributed by atoms with E-state index in [1.807, 2.05) is 0 Å². The molecule has 106 valence electrons. The number of halogens is 1. The van der Waals surface area contributed by atoms with Gasteiger partial charge in [0.05, 0.1) is 6.54 Å². The summed E-state index contributed by atoms with van der Waals surface area (Å²) in [6.07, 6.45) is -0.875. The third-order valence-electron chi connectivity index (χ3n) is 2.65. The molecule has 2 rings (SSSR count). The van der Waals surface area contributed by atoms with Gasteiger partial charge in [0.1, 0.15) is 17.6 Å². The summed E-state index contributed by atoms with van der Waals surface area (Å²) in [6.45, 7) is 1.85. The first-order valence-electron chi connectivity index (χ1n) is 6.09. The highest BCUT2D eigenvalue weighted by Gasteiger charge is 2.12. The van der Waals surface area contributed by atoms with Gasteiger partial charge in [0, 0.05) is 10.7 Å². The number of carbonyl (C=O) groups excluding carboxylic acids is 1. The van der Waals surface area contributed by atoms with Gasteiger partial charge in [-0.05, 0) is 43.3 Å². The third-order valence-corrected chi connectivity index (χ3v) is 2.90. The van der Waals surface area contributed by atoms with Gasteiger partial charge in [-0.15, -0.1) is 0 Å². The van der Waals surface area contributed by atoms with Gasteiger partial charge < -0.3 is 20.2 Å². The van der Waals surface area contributed by atoms with Crippen LogP contribution >= 0.6 is 11.6 Å². The molecular weight excluding hydrogens is 280 g/mol. The van der Waals surface area contributed by atoms with Crippen LogP contribution in [-0.4, -0.2) is 17.7 Å². The van der Waals surface area contributed by atoms with E-state index in [0.717, 1.165) is 0 Å². The molecule has 5 nitrogen and oxygen atoms in total. The molecular formula is C14H15ClN2O3. The number of nitrogens with one attached hydrogen (secondary N) is 2. The van der Waals surface area contributed by atoms with E-state index in [2.05, 4.69) is 10.6 Å². The number of amides is 2. The quantitative estimate of drug-likeness (QED) is 0.811. The van der Waals surface area contributed by atoms with Crippen molar-refractivity contribution in [1.29, 1.82) is 0 Å². The number of aliphatic hydroxyl groups excluding tert-OH is 1. The van der Waals surface area contributed by atoms with Crippen LogP contribution < -0.4 is 10.6 Å². The van der Waals surface area contributed by atoms with Gasteiger partial charge >= 0.3 is 6.03 Å². The lowest BCUT2D eigenvalue weighted by atomic mass is 10.3. The minimum Gasteiger partial charge on any atom is -0.464 e. The van der Waals surface area contributed by atoms with Gasteiger partial charge in [0.15, 0.2) is 0 Å². The minimum absolute atomic E-state index is 0.0619. The summed E-state index contributed by atoms with van der Waals surface area (Å²) in [7, 11) is 0. The van der Waals surface area contributed by atoms with Gasteiger partial charge in [-0.25, -0.2) is 4.79 Å². The monoisotopic (exact) mass is 294 g/mol. The molecule has 2 amide bonds. The van der Waals surface area contributed by atoms with Crippen LogP contribution in [0, 0.1) is 6.92 Å². The number of rotatable bonds is 4. The molecule has 0 radical (unpaired) electrons. The topological polar surface area (TPSA) is 74.5 Å². The fourth-order valence-electron chi connectivity index (χ4n) is 1.63. The van der Waals surface area contributed by atoms with Crippen molar-refractivity contribution < 1.29 is 14.3 Å². The van der Waals surface area contributed by atoms with Crippen LogP contribution in [-0.2, 0) is 0 Å². The van der Waals surface area contributed by atoms with Gasteiger partial charge in [-0.1, -0.05) is 11.6 Å². The van der Waals surface area contributed by atoms with Crippen molar-refractivity contribution in [3.63, 3.8) is 0 Å². The van der Waals surface area contributed by atoms with Crippen LogP contribution in [0.3, 0.4) is 0 Å². The number of hydrogen-bond donors (Lipinski definition) is 3. The average molecular weight is 295 g/mol. The van der Waals surface area contributed by atoms with Crippen LogP contribution in [0.1, 0.15) is 17.6 Å². The minimum atomic E-state index is -0.875. The standard InChI is InChI=1S/C14H15ClN2O3/c1-9-2-7-13(20-9)12(18)8-16-14(19)17-11-5-3-10(15)4-6-11/h2-7,12,18H,8H2,1H3,(H2,16,17,19). The first-order valence-corrected chi connectivity index (χ1v) is 6.47. The van der Waals surface area contributed by atoms with Crippen LogP contribution in [0.5, 0.6) is 0 Å². The van der Waals surface area contributed by atoms with Crippen molar-refractivity contribution in [3.8, 4) is 0 Å². The van der Waals surface area contributed by atoms with Crippen molar-refractivity contribution >= 4 is 23.3 Å². The summed E-state index contributed by atoms with van der Waals surface area (Å²) >= 11 is 5.75. The molecule has 0 saturated heterocycles. The molecule has 3 N–H and O–H groups in total. The molecule has 6 heteroatoms. The molecule has 0 saturated carbocycles. The predicted molar refractivity (Wildman–Crippen MR) is 76.9 cm³/mol. The van der Waals surface area contributed by atoms with Crippen LogP contribution in [0.2, 0.25) is 5.02 Å². The summed E-state index contributed by atoms with van der Waals surface area (Å²) in [5.41, 5.74) is 0.621. The van der Waals surface area contributed by atoms with Gasteiger partial charge in [0.25, 0.3) is 0 Å². The Kier molecular flexibility index (Phi) is 4.65. The van der Waals surface area contributed by atoms with E-state index in [1.165, 1.54) is 0 Å². The smallest absolute Gasteiger partial charge is 0.319 e. The van der Waals surface area contributed by atoms with E-state index in [4.69, 9.17) is 16.0 Å². The fourth-order valence-corrected chi connectivity index (χ4v) is 1.76. The van der Waals surface area contributed by atoms with Crippen molar-refractivity contribution in [3.05, 3.63) is 52.9 Å². The SMILES string of the molecule is Cc1ccc(C(O)CNC(=O)Nc2ccc(Cl)cc2)o1. The molecule has 0 aliphatic heterocycles. The number of benzene rings is 1. The van der Waals surface area contributed by atoms with Crippen LogP contribution in [0.25, 0.3) is 0 Å². The van der Waals surface area contributed by atoms with Crippen molar-refractivity contribution in [2.75, 3.05) is 11.9 Å². The highest BCUT2D eigenvalue weighted by Crippen LogP contribution is 2.15. The average Bonchev–Trinajstić information content (AvgIpc) is 2.85. The highest BCUT2D eigenvalue weighted by atomic mass is 35.5. The van der Waals surface area contributed by atoms with Gasteiger partial charge in [0.2, 0.25) is 0 Å². The molecule has 20 heavy (non-hydrogen) atoms. The molecule has 0 bridgehead atoms. The molecule has 1 heterocycles. The second kappa shape index (κ2) is 6.45. The molecule has 0 aliphatic rings. The van der Waals surface area contributed by atoms with Crippen LogP contribution in [0.15, 0.2) is 40.8 Å². The number of aryl methyl sites for hydroxylation is 1. The summed E-state index contributed by atoms with van der Waals surface area (Å²) in [6, 6.07) is 9.76. The van der Waals surface area contributed by atoms with E-state index in [1.54, 1.807) is 43.3 Å².